The minimum absolute atomic E-state index is 0.0225. The molecule has 1 aromatic rings. The Kier molecular flexibility index (Phi) is 5.09. The maximum Gasteiger partial charge on any atom is 0.482 e. The molecule has 3 N–H and O–H groups in total. The van der Waals surface area contributed by atoms with Crippen molar-refractivity contribution < 1.29 is 24.0 Å². The summed E-state index contributed by atoms with van der Waals surface area (Å²) < 4.78 is 13.1. The van der Waals surface area contributed by atoms with Crippen LogP contribution in [0.25, 0.3) is 0 Å². The molecule has 172 valence electrons. The minimum Gasteiger partial charge on any atom is -0.465 e. The molecule has 4 aliphatic carbocycles. The fourth-order valence-electron chi connectivity index (χ4n) is 6.60. The summed E-state index contributed by atoms with van der Waals surface area (Å²) in [5.74, 6) is 0.390. The van der Waals surface area contributed by atoms with Crippen LogP contribution in [-0.4, -0.2) is 47.4 Å². The van der Waals surface area contributed by atoms with E-state index >= 15 is 0 Å². The Hall–Kier alpha value is -2.06. The van der Waals surface area contributed by atoms with Crippen LogP contribution in [0, 0.1) is 17.3 Å². The maximum atomic E-state index is 13.3. The summed E-state index contributed by atoms with van der Waals surface area (Å²) in [6.45, 7) is 6.82. The summed E-state index contributed by atoms with van der Waals surface area (Å²) in [4.78, 5) is 24.6. The van der Waals surface area contributed by atoms with Crippen LogP contribution in [0.2, 0.25) is 0 Å². The molecule has 0 aromatic heterocycles. The molecule has 6 rings (SSSR count). The first-order valence-corrected chi connectivity index (χ1v) is 11.8. The summed E-state index contributed by atoms with van der Waals surface area (Å²) in [5.41, 5.74) is -0.109. The number of carboxylic acid groups (broad SMARTS) is 1. The third-order valence-corrected chi connectivity index (χ3v) is 8.90. The first-order chi connectivity index (χ1) is 15.1. The van der Waals surface area contributed by atoms with Gasteiger partial charge in [0.2, 0.25) is 5.91 Å². The van der Waals surface area contributed by atoms with E-state index in [1.807, 2.05) is 30.3 Å². The second kappa shape index (κ2) is 7.49. The van der Waals surface area contributed by atoms with Crippen molar-refractivity contribution in [3.05, 3.63) is 35.9 Å². The Balaban J connectivity index is 1.37. The summed E-state index contributed by atoms with van der Waals surface area (Å²) in [5, 5.41) is 14.8. The summed E-state index contributed by atoms with van der Waals surface area (Å²) >= 11 is 0. The van der Waals surface area contributed by atoms with E-state index in [1.54, 1.807) is 0 Å². The maximum absolute atomic E-state index is 13.3. The number of carbonyl (C=O) groups excluding carboxylic acids is 1. The van der Waals surface area contributed by atoms with E-state index in [2.05, 4.69) is 31.4 Å². The molecule has 0 spiro atoms. The molecule has 32 heavy (non-hydrogen) atoms. The van der Waals surface area contributed by atoms with Crippen LogP contribution in [0.5, 0.6) is 0 Å². The minimum atomic E-state index is -1.17. The van der Waals surface area contributed by atoms with Crippen molar-refractivity contribution in [3.63, 3.8) is 0 Å². The highest BCUT2D eigenvalue weighted by Gasteiger charge is 2.68. The van der Waals surface area contributed by atoms with E-state index in [1.165, 1.54) is 0 Å². The van der Waals surface area contributed by atoms with Crippen molar-refractivity contribution in [2.75, 3.05) is 0 Å². The zero-order valence-electron chi connectivity index (χ0n) is 19.1. The van der Waals surface area contributed by atoms with Crippen molar-refractivity contribution in [1.82, 2.24) is 10.6 Å². The average molecular weight is 440 g/mol. The molecule has 2 bridgehead atoms. The zero-order valence-corrected chi connectivity index (χ0v) is 19.1. The Morgan fingerprint density at radius 2 is 1.91 bits per heavy atom. The normalized spacial score (nSPS) is 34.5. The number of hydrogen-bond donors (Lipinski definition) is 3. The molecule has 1 unspecified atom stereocenters. The quantitative estimate of drug-likeness (QED) is 0.591. The number of hydrogen-bond acceptors (Lipinski definition) is 4. The van der Waals surface area contributed by atoms with Crippen LogP contribution in [0.1, 0.15) is 58.4 Å². The van der Waals surface area contributed by atoms with Gasteiger partial charge in [0, 0.05) is 0 Å². The predicted octanol–water partition coefficient (Wildman–Crippen LogP) is 3.17. The van der Waals surface area contributed by atoms with E-state index in [0.29, 0.717) is 31.1 Å². The number of amides is 2. The van der Waals surface area contributed by atoms with Gasteiger partial charge in [0.05, 0.1) is 17.6 Å². The molecule has 5 atom stereocenters. The van der Waals surface area contributed by atoms with Crippen LogP contribution in [0.3, 0.4) is 0 Å². The summed E-state index contributed by atoms with van der Waals surface area (Å²) in [6, 6.07) is 9.96. The first kappa shape index (κ1) is 21.8. The van der Waals surface area contributed by atoms with E-state index in [-0.39, 0.29) is 23.0 Å². The third kappa shape index (κ3) is 3.34. The van der Waals surface area contributed by atoms with Gasteiger partial charge in [-0.2, -0.15) is 0 Å². The van der Waals surface area contributed by atoms with Gasteiger partial charge in [-0.05, 0) is 68.3 Å². The van der Waals surface area contributed by atoms with Crippen molar-refractivity contribution in [1.29, 1.82) is 0 Å². The van der Waals surface area contributed by atoms with Gasteiger partial charge in [-0.15, -0.1) is 0 Å². The smallest absolute Gasteiger partial charge is 0.465 e. The molecule has 1 saturated heterocycles. The van der Waals surface area contributed by atoms with Crippen molar-refractivity contribution in [3.8, 4) is 0 Å². The molecule has 5 aliphatic rings. The second-order valence-corrected chi connectivity index (χ2v) is 11.0. The highest BCUT2D eigenvalue weighted by molar-refractivity contribution is 6.48. The Morgan fingerprint density at radius 3 is 2.50 bits per heavy atom. The third-order valence-electron chi connectivity index (χ3n) is 8.90. The van der Waals surface area contributed by atoms with Gasteiger partial charge in [0.1, 0.15) is 5.54 Å². The lowest BCUT2D eigenvalue weighted by molar-refractivity contribution is -0.199. The monoisotopic (exact) mass is 440 g/mol. The highest BCUT2D eigenvalue weighted by atomic mass is 16.7. The molecule has 4 saturated carbocycles. The van der Waals surface area contributed by atoms with Gasteiger partial charge < -0.3 is 25.0 Å². The van der Waals surface area contributed by atoms with Crippen molar-refractivity contribution in [2.24, 2.45) is 17.3 Å². The van der Waals surface area contributed by atoms with Crippen LogP contribution >= 0.6 is 0 Å². The Bertz CT molecular complexity index is 905. The van der Waals surface area contributed by atoms with E-state index in [4.69, 9.17) is 9.31 Å². The standard InChI is InChI=1S/C24H33BN2O5/c1-22(2)16-13-17(22)23(3)18(14-16)31-25(32-23)19(12-15-8-5-4-6-9-15)26-20(28)24(10-7-11-24)27-21(29)30/h4-6,8-9,16-19,27H,7,10-14H2,1-3H3,(H,26,28)(H,29,30)/t16?,17-,18+,19-,23-/m0/s1. The van der Waals surface area contributed by atoms with Gasteiger partial charge in [-0.1, -0.05) is 44.2 Å². The molecular weight excluding hydrogens is 407 g/mol. The molecular formula is C24H33BN2O5. The molecule has 1 aliphatic heterocycles. The zero-order chi connectivity index (χ0) is 22.7. The predicted molar refractivity (Wildman–Crippen MR) is 120 cm³/mol. The highest BCUT2D eigenvalue weighted by Crippen LogP contribution is 2.65. The van der Waals surface area contributed by atoms with Gasteiger partial charge in [0.15, 0.2) is 0 Å². The average Bonchev–Trinajstić information content (AvgIpc) is 3.07. The fourth-order valence-corrected chi connectivity index (χ4v) is 6.60. The number of nitrogens with one attached hydrogen (secondary N) is 2. The lowest BCUT2D eigenvalue weighted by atomic mass is 9.43. The van der Waals surface area contributed by atoms with Crippen LogP contribution in [0.15, 0.2) is 30.3 Å². The van der Waals surface area contributed by atoms with E-state index < -0.39 is 24.7 Å². The summed E-state index contributed by atoms with van der Waals surface area (Å²) in [7, 11) is -0.564. The Morgan fingerprint density at radius 1 is 1.19 bits per heavy atom. The van der Waals surface area contributed by atoms with Gasteiger partial charge in [-0.25, -0.2) is 4.79 Å². The number of rotatable bonds is 6. The lowest BCUT2D eigenvalue weighted by Gasteiger charge is -2.64. The fraction of sp³-hybridized carbons (Fsp3) is 0.667. The Labute approximate surface area is 189 Å². The van der Waals surface area contributed by atoms with Gasteiger partial charge in [-0.3, -0.25) is 4.79 Å². The van der Waals surface area contributed by atoms with Crippen LogP contribution in [0.4, 0.5) is 4.79 Å². The first-order valence-electron chi connectivity index (χ1n) is 11.8. The topological polar surface area (TPSA) is 96.9 Å². The molecule has 5 fully saturated rings. The van der Waals surface area contributed by atoms with E-state index in [0.717, 1.165) is 24.8 Å². The number of benzene rings is 1. The van der Waals surface area contributed by atoms with Gasteiger partial charge in [0.25, 0.3) is 0 Å². The molecule has 2 amide bonds. The molecule has 0 radical (unpaired) electrons. The SMILES string of the molecule is CC1(C)C2C[C@H]3OB([C@H](Cc4ccccc4)NC(=O)C4(NC(=O)O)CCC4)O[C@@]3(C)[C@H]1C2. The summed E-state index contributed by atoms with van der Waals surface area (Å²) in [6.07, 6.45) is 3.39. The van der Waals surface area contributed by atoms with Crippen LogP contribution < -0.4 is 10.6 Å². The number of carbonyl (C=O) groups is 2. The van der Waals surface area contributed by atoms with Crippen molar-refractivity contribution in [2.45, 2.75) is 82.5 Å². The van der Waals surface area contributed by atoms with E-state index in [9.17, 15) is 14.7 Å². The van der Waals surface area contributed by atoms with Crippen LogP contribution in [-0.2, 0) is 20.5 Å². The molecule has 1 heterocycles. The molecule has 7 nitrogen and oxygen atoms in total. The molecule has 1 aromatic carbocycles. The van der Waals surface area contributed by atoms with Gasteiger partial charge >= 0.3 is 13.2 Å². The second-order valence-electron chi connectivity index (χ2n) is 11.0. The largest absolute Gasteiger partial charge is 0.482 e. The lowest BCUT2D eigenvalue weighted by Crippen LogP contribution is -2.66. The molecule has 8 heteroatoms. The van der Waals surface area contributed by atoms with Crippen molar-refractivity contribution >= 4 is 19.1 Å².